The largest absolute Gasteiger partial charge is 0.382 e. The van der Waals surface area contributed by atoms with E-state index in [0.29, 0.717) is 12.1 Å². The lowest BCUT2D eigenvalue weighted by Crippen LogP contribution is -2.33. The highest BCUT2D eigenvalue weighted by Crippen LogP contribution is 2.22. The second-order valence-electron chi connectivity index (χ2n) is 5.07. The van der Waals surface area contributed by atoms with Crippen LogP contribution in [0.25, 0.3) is 0 Å². The normalized spacial score (nSPS) is 25.4. The van der Waals surface area contributed by atoms with Crippen LogP contribution < -0.4 is 16.5 Å². The minimum absolute atomic E-state index is 0.427. The van der Waals surface area contributed by atoms with Crippen molar-refractivity contribution in [1.29, 1.82) is 0 Å². The smallest absolute Gasteiger partial charge is 0.139 e. The molecule has 3 heteroatoms. The van der Waals surface area contributed by atoms with E-state index in [1.54, 1.807) is 0 Å². The summed E-state index contributed by atoms with van der Waals surface area (Å²) in [5.41, 5.74) is 9.86. The zero-order valence-corrected chi connectivity index (χ0v) is 10.3. The third-order valence-electron chi connectivity index (χ3n) is 3.52. The summed E-state index contributed by atoms with van der Waals surface area (Å²) in [6, 6.07) is 7.63. The Bertz CT molecular complexity index is 357. The van der Waals surface area contributed by atoms with Crippen LogP contribution in [0.1, 0.15) is 31.2 Å². The highest BCUT2D eigenvalue weighted by Gasteiger charge is 2.18. The fraction of sp³-hybridized carbons (Fsp3) is 0.538. The van der Waals surface area contributed by atoms with E-state index in [9.17, 15) is 0 Å². The molecular weight excluding hydrogens is 195 g/mol. The molecule has 1 aromatic rings. The van der Waals surface area contributed by atoms with Crippen molar-refractivity contribution >= 4 is 19.0 Å². The second-order valence-corrected chi connectivity index (χ2v) is 5.07. The van der Waals surface area contributed by atoms with Crippen molar-refractivity contribution < 1.29 is 0 Å². The molecule has 1 saturated carbocycles. The van der Waals surface area contributed by atoms with Crippen LogP contribution in [-0.4, -0.2) is 19.9 Å². The van der Waals surface area contributed by atoms with Gasteiger partial charge < -0.3 is 11.1 Å². The van der Waals surface area contributed by atoms with E-state index < -0.39 is 0 Å². The first-order valence-corrected chi connectivity index (χ1v) is 6.24. The molecule has 0 spiro atoms. The Kier molecular flexibility index (Phi) is 3.54. The van der Waals surface area contributed by atoms with E-state index >= 15 is 0 Å². The van der Waals surface area contributed by atoms with Crippen molar-refractivity contribution in [1.82, 2.24) is 0 Å². The van der Waals surface area contributed by atoms with Crippen LogP contribution in [0.3, 0.4) is 0 Å². The second kappa shape index (κ2) is 4.92. The summed E-state index contributed by atoms with van der Waals surface area (Å²) in [5, 5.41) is 3.65. The molecule has 1 aliphatic carbocycles. The number of rotatable bonds is 2. The van der Waals surface area contributed by atoms with Gasteiger partial charge in [-0.05, 0) is 44.2 Å². The zero-order chi connectivity index (χ0) is 11.5. The summed E-state index contributed by atoms with van der Waals surface area (Å²) in [4.78, 5) is 0. The molecule has 0 amide bonds. The van der Waals surface area contributed by atoms with Gasteiger partial charge in [-0.1, -0.05) is 17.6 Å². The molecule has 1 fully saturated rings. The third-order valence-corrected chi connectivity index (χ3v) is 3.52. The van der Waals surface area contributed by atoms with E-state index in [2.05, 4.69) is 38.3 Å². The Balaban J connectivity index is 2.00. The van der Waals surface area contributed by atoms with E-state index in [1.807, 2.05) is 0 Å². The van der Waals surface area contributed by atoms with Gasteiger partial charge in [-0.3, -0.25) is 0 Å². The van der Waals surface area contributed by atoms with Crippen molar-refractivity contribution in [3.63, 3.8) is 0 Å². The number of benzene rings is 1. The Hall–Kier alpha value is -0.955. The maximum atomic E-state index is 5.92. The number of hydrogen-bond acceptors (Lipinski definition) is 2. The van der Waals surface area contributed by atoms with Gasteiger partial charge in [0.15, 0.2) is 0 Å². The van der Waals surface area contributed by atoms with Gasteiger partial charge in [-0.15, -0.1) is 0 Å². The fourth-order valence-electron chi connectivity index (χ4n) is 2.37. The fourth-order valence-corrected chi connectivity index (χ4v) is 2.37. The van der Waals surface area contributed by atoms with E-state index in [1.165, 1.54) is 29.6 Å². The molecule has 86 valence electrons. The first-order chi connectivity index (χ1) is 7.65. The quantitative estimate of drug-likeness (QED) is 0.722. The van der Waals surface area contributed by atoms with Crippen LogP contribution in [0.5, 0.6) is 0 Å². The Morgan fingerprint density at radius 1 is 1.25 bits per heavy atom. The van der Waals surface area contributed by atoms with Gasteiger partial charge in [0.25, 0.3) is 0 Å². The van der Waals surface area contributed by atoms with Gasteiger partial charge in [0, 0.05) is 17.8 Å². The van der Waals surface area contributed by atoms with Gasteiger partial charge in [-0.25, -0.2) is 0 Å². The highest BCUT2D eigenvalue weighted by molar-refractivity contribution is 6.32. The molecule has 1 aromatic carbocycles. The minimum Gasteiger partial charge on any atom is -0.382 e. The molecule has 16 heavy (non-hydrogen) atoms. The lowest BCUT2D eigenvalue weighted by atomic mass is 9.90. The molecule has 0 heterocycles. The topological polar surface area (TPSA) is 38.0 Å². The summed E-state index contributed by atoms with van der Waals surface area (Å²) >= 11 is 0. The molecule has 0 aromatic heterocycles. The van der Waals surface area contributed by atoms with Gasteiger partial charge in [0.05, 0.1) is 0 Å². The predicted molar refractivity (Wildman–Crippen MR) is 73.2 cm³/mol. The molecule has 0 aliphatic heterocycles. The van der Waals surface area contributed by atoms with Crippen LogP contribution >= 0.6 is 0 Å². The molecular formula is C13H21BN2. The lowest BCUT2D eigenvalue weighted by molar-refractivity contribution is 0.411. The van der Waals surface area contributed by atoms with Crippen LogP contribution in [0.15, 0.2) is 18.2 Å². The van der Waals surface area contributed by atoms with Gasteiger partial charge in [0.1, 0.15) is 7.85 Å². The zero-order valence-electron chi connectivity index (χ0n) is 10.3. The van der Waals surface area contributed by atoms with Crippen molar-refractivity contribution in [2.45, 2.75) is 44.7 Å². The lowest BCUT2D eigenvalue weighted by Gasteiger charge is -2.28. The number of anilines is 1. The third kappa shape index (κ3) is 2.79. The summed E-state index contributed by atoms with van der Waals surface area (Å²) < 4.78 is 0. The first kappa shape index (κ1) is 11.5. The van der Waals surface area contributed by atoms with Crippen LogP contribution in [0.4, 0.5) is 5.69 Å². The predicted octanol–water partition coefficient (Wildman–Crippen LogP) is 0.935. The highest BCUT2D eigenvalue weighted by atomic mass is 14.9. The Labute approximate surface area is 99.0 Å². The summed E-state index contributed by atoms with van der Waals surface area (Å²) in [7, 11) is 2.14. The molecule has 0 radical (unpaired) electrons. The first-order valence-electron chi connectivity index (χ1n) is 6.24. The number of hydrogen-bond donors (Lipinski definition) is 2. The van der Waals surface area contributed by atoms with Crippen molar-refractivity contribution in [2.24, 2.45) is 5.73 Å². The summed E-state index contributed by atoms with van der Waals surface area (Å²) in [6.45, 7) is 2.16. The number of aryl methyl sites for hydroxylation is 1. The molecule has 0 atom stereocenters. The summed E-state index contributed by atoms with van der Waals surface area (Å²) in [5.74, 6) is 0. The van der Waals surface area contributed by atoms with E-state index in [-0.39, 0.29) is 0 Å². The molecule has 2 nitrogen and oxygen atoms in total. The Morgan fingerprint density at radius 2 is 1.94 bits per heavy atom. The van der Waals surface area contributed by atoms with Crippen LogP contribution in [0.2, 0.25) is 0 Å². The number of nitrogens with two attached hydrogens (primary N) is 1. The average Bonchev–Trinajstić information content (AvgIpc) is 2.27. The monoisotopic (exact) mass is 216 g/mol. The van der Waals surface area contributed by atoms with Crippen LogP contribution in [0, 0.1) is 6.92 Å². The van der Waals surface area contributed by atoms with Crippen LogP contribution in [-0.2, 0) is 0 Å². The van der Waals surface area contributed by atoms with Gasteiger partial charge in [0.2, 0.25) is 0 Å². The molecule has 0 unspecified atom stereocenters. The van der Waals surface area contributed by atoms with Gasteiger partial charge >= 0.3 is 0 Å². The van der Waals surface area contributed by atoms with Crippen molar-refractivity contribution in [2.75, 3.05) is 5.32 Å². The molecule has 3 N–H and O–H groups in total. The molecule has 0 bridgehead atoms. The van der Waals surface area contributed by atoms with Gasteiger partial charge in [-0.2, -0.15) is 0 Å². The molecule has 0 saturated heterocycles. The maximum absolute atomic E-state index is 5.92. The standard InChI is InChI=1S/C13H21BN2/c1-9-2-3-10(14)8-13(9)16-12-6-4-11(15)5-7-12/h2-3,8,11-12,16H,4-7,14-15H2,1H3/t11-,12-. The average molecular weight is 216 g/mol. The SMILES string of the molecule is Bc1ccc(C)c(N[C@H]2CC[C@H](N)CC2)c1. The number of nitrogens with one attached hydrogen (secondary N) is 1. The van der Waals surface area contributed by atoms with Crippen molar-refractivity contribution in [3.8, 4) is 0 Å². The minimum atomic E-state index is 0.427. The van der Waals surface area contributed by atoms with Crippen molar-refractivity contribution in [3.05, 3.63) is 23.8 Å². The maximum Gasteiger partial charge on any atom is 0.139 e. The molecule has 1 aliphatic rings. The van der Waals surface area contributed by atoms with E-state index in [0.717, 1.165) is 12.8 Å². The molecule has 2 rings (SSSR count). The van der Waals surface area contributed by atoms with E-state index in [4.69, 9.17) is 5.73 Å². The Morgan fingerprint density at radius 3 is 2.62 bits per heavy atom. The summed E-state index contributed by atoms with van der Waals surface area (Å²) in [6.07, 6.45) is 4.72.